The van der Waals surface area contributed by atoms with Gasteiger partial charge in [0.15, 0.2) is 5.82 Å². The van der Waals surface area contributed by atoms with Crippen LogP contribution in [0.25, 0.3) is 11.3 Å². The average Bonchev–Trinajstić information content (AvgIpc) is 3.13. The van der Waals surface area contributed by atoms with Crippen LogP contribution in [0.2, 0.25) is 5.02 Å². The summed E-state index contributed by atoms with van der Waals surface area (Å²) in [5.74, 6) is 5.89. The zero-order valence-electron chi connectivity index (χ0n) is 14.3. The highest BCUT2D eigenvalue weighted by atomic mass is 79.9. The van der Waals surface area contributed by atoms with Crippen LogP contribution in [0.4, 0.5) is 11.5 Å². The predicted octanol–water partition coefficient (Wildman–Crippen LogP) is 4.35. The Morgan fingerprint density at radius 2 is 1.90 bits per heavy atom. The van der Waals surface area contributed by atoms with Gasteiger partial charge in [-0.3, -0.25) is 0 Å². The van der Waals surface area contributed by atoms with Gasteiger partial charge in [-0.25, -0.2) is 14.6 Å². The quantitative estimate of drug-likeness (QED) is 0.198. The van der Waals surface area contributed by atoms with Crippen molar-refractivity contribution in [1.82, 2.24) is 20.3 Å². The number of nitrogens with one attached hydrogen (secondary N) is 1. The normalized spacial score (nSPS) is 11.8. The molecular weight excluding hydrogens is 529 g/mol. The van der Waals surface area contributed by atoms with E-state index in [0.717, 1.165) is 0 Å². The van der Waals surface area contributed by atoms with Crippen molar-refractivity contribution in [3.05, 3.63) is 61.6 Å². The van der Waals surface area contributed by atoms with Gasteiger partial charge in [0.25, 0.3) is 0 Å². The maximum absolute atomic E-state index is 10.5. The molecule has 0 aliphatic carbocycles. The van der Waals surface area contributed by atoms with Gasteiger partial charge in [0.1, 0.15) is 17.2 Å². The third kappa shape index (κ3) is 3.88. The third-order valence-corrected chi connectivity index (χ3v) is 5.14. The van der Waals surface area contributed by atoms with Crippen LogP contribution < -0.4 is 11.2 Å². The number of hydrazone groups is 1. The van der Waals surface area contributed by atoms with Crippen molar-refractivity contribution in [2.75, 3.05) is 5.32 Å². The number of hydrogen-bond donors (Lipinski definition) is 3. The molecule has 0 fully saturated rings. The lowest BCUT2D eigenvalue weighted by atomic mass is 10.1. The molecule has 29 heavy (non-hydrogen) atoms. The molecule has 0 spiro atoms. The molecule has 0 aliphatic rings. The van der Waals surface area contributed by atoms with Crippen LogP contribution in [0, 0.1) is 0 Å². The summed E-state index contributed by atoms with van der Waals surface area (Å²) < 4.78 is 5.86. The van der Waals surface area contributed by atoms with Crippen molar-refractivity contribution in [2.45, 2.75) is 0 Å². The van der Waals surface area contributed by atoms with Crippen LogP contribution >= 0.6 is 43.5 Å². The number of halogens is 3. The zero-order chi connectivity index (χ0) is 20.5. The van der Waals surface area contributed by atoms with Crippen LogP contribution in [0.1, 0.15) is 11.3 Å². The van der Waals surface area contributed by atoms with Crippen molar-refractivity contribution in [3.63, 3.8) is 0 Å². The standard InChI is InChI=1S/C17H10Br2ClN7O2/c18-7-4-10(14(28)11(19)5-7)12(25-21)13-15(22-9-3-1-2-8(20)6-9)24-17-16(23-13)26-29-27-17/h1-6,28H,21H2,(H,22,24,27)/b25-12+. The smallest absolute Gasteiger partial charge is 0.245 e. The van der Waals surface area contributed by atoms with E-state index in [1.54, 1.807) is 36.4 Å². The van der Waals surface area contributed by atoms with Gasteiger partial charge in [-0.2, -0.15) is 5.10 Å². The van der Waals surface area contributed by atoms with Gasteiger partial charge in [-0.15, -0.1) is 0 Å². The van der Waals surface area contributed by atoms with E-state index in [1.165, 1.54) is 0 Å². The van der Waals surface area contributed by atoms with Gasteiger partial charge in [-0.1, -0.05) is 33.6 Å². The molecule has 0 saturated carbocycles. The topological polar surface area (TPSA) is 135 Å². The van der Waals surface area contributed by atoms with Crippen molar-refractivity contribution in [2.24, 2.45) is 10.9 Å². The largest absolute Gasteiger partial charge is 0.506 e. The van der Waals surface area contributed by atoms with Crippen LogP contribution in [0.5, 0.6) is 5.75 Å². The van der Waals surface area contributed by atoms with E-state index in [1.807, 2.05) is 0 Å². The summed E-state index contributed by atoms with van der Waals surface area (Å²) in [4.78, 5) is 8.83. The van der Waals surface area contributed by atoms with E-state index >= 15 is 0 Å². The fourth-order valence-corrected chi connectivity index (χ4v) is 4.01. The van der Waals surface area contributed by atoms with E-state index in [9.17, 15) is 5.11 Å². The van der Waals surface area contributed by atoms with Gasteiger partial charge in [0.2, 0.25) is 11.3 Å². The molecule has 146 valence electrons. The number of aromatic nitrogens is 4. The first-order chi connectivity index (χ1) is 14.0. The first-order valence-corrected chi connectivity index (χ1v) is 9.92. The number of nitrogens with two attached hydrogens (primary N) is 1. The molecule has 0 atom stereocenters. The molecule has 12 heteroatoms. The molecule has 2 heterocycles. The van der Waals surface area contributed by atoms with Crippen LogP contribution in [-0.4, -0.2) is 31.1 Å². The maximum Gasteiger partial charge on any atom is 0.245 e. The Morgan fingerprint density at radius 1 is 1.14 bits per heavy atom. The summed E-state index contributed by atoms with van der Waals surface area (Å²) in [5.41, 5.74) is 1.73. The van der Waals surface area contributed by atoms with E-state index in [2.05, 4.69) is 62.6 Å². The number of fused-ring (bicyclic) bond motifs is 1. The van der Waals surface area contributed by atoms with E-state index in [-0.39, 0.29) is 34.3 Å². The molecule has 0 aliphatic heterocycles. The summed E-state index contributed by atoms with van der Waals surface area (Å²) in [6.07, 6.45) is 0. The predicted molar refractivity (Wildman–Crippen MR) is 115 cm³/mol. The second-order valence-electron chi connectivity index (χ2n) is 5.73. The number of aromatic hydroxyl groups is 1. The summed E-state index contributed by atoms with van der Waals surface area (Å²) >= 11 is 12.8. The van der Waals surface area contributed by atoms with Crippen molar-refractivity contribution in [1.29, 1.82) is 0 Å². The highest BCUT2D eigenvalue weighted by Crippen LogP contribution is 2.34. The van der Waals surface area contributed by atoms with Crippen LogP contribution in [-0.2, 0) is 0 Å². The second kappa shape index (κ2) is 7.93. The molecule has 0 bridgehead atoms. The molecule has 0 radical (unpaired) electrons. The Morgan fingerprint density at radius 3 is 2.62 bits per heavy atom. The van der Waals surface area contributed by atoms with Gasteiger partial charge >= 0.3 is 0 Å². The third-order valence-electron chi connectivity index (χ3n) is 3.84. The highest BCUT2D eigenvalue weighted by Gasteiger charge is 2.23. The molecule has 2 aromatic carbocycles. The van der Waals surface area contributed by atoms with Gasteiger partial charge in [0, 0.05) is 20.7 Å². The van der Waals surface area contributed by atoms with Crippen molar-refractivity contribution >= 4 is 72.0 Å². The Bertz CT molecular complexity index is 1260. The van der Waals surface area contributed by atoms with E-state index in [4.69, 9.17) is 22.1 Å². The first-order valence-electron chi connectivity index (χ1n) is 7.96. The minimum atomic E-state index is -0.0636. The van der Waals surface area contributed by atoms with Crippen LogP contribution in [0.15, 0.2) is 55.1 Å². The Labute approximate surface area is 185 Å². The molecular formula is C17H10Br2ClN7O2. The molecule has 9 nitrogen and oxygen atoms in total. The molecule has 4 aromatic rings. The fraction of sp³-hybridized carbons (Fsp3) is 0. The SMILES string of the molecule is N/N=C(\c1cc(Br)cc(Br)c1O)c1nc2nonc2nc1Nc1cccc(Cl)c1. The fourth-order valence-electron chi connectivity index (χ4n) is 2.60. The summed E-state index contributed by atoms with van der Waals surface area (Å²) in [6, 6.07) is 10.4. The highest BCUT2D eigenvalue weighted by molar-refractivity contribution is 9.11. The van der Waals surface area contributed by atoms with Gasteiger partial charge < -0.3 is 16.3 Å². The molecule has 4 N–H and O–H groups in total. The molecule has 2 aromatic heterocycles. The Kier molecular flexibility index (Phi) is 5.35. The number of hydrogen-bond acceptors (Lipinski definition) is 9. The number of benzene rings is 2. The maximum atomic E-state index is 10.5. The minimum absolute atomic E-state index is 0.0636. The van der Waals surface area contributed by atoms with Crippen molar-refractivity contribution < 1.29 is 9.74 Å². The number of phenolic OH excluding ortho intramolecular Hbond substituents is 1. The van der Waals surface area contributed by atoms with Gasteiger partial charge in [0.05, 0.1) is 4.47 Å². The lowest BCUT2D eigenvalue weighted by Gasteiger charge is -2.13. The van der Waals surface area contributed by atoms with E-state index in [0.29, 0.717) is 25.2 Å². The Hall–Kier alpha value is -2.76. The van der Waals surface area contributed by atoms with Gasteiger partial charge in [-0.05, 0) is 56.6 Å². The first kappa shape index (κ1) is 19.6. The lowest BCUT2D eigenvalue weighted by Crippen LogP contribution is -2.14. The summed E-state index contributed by atoms with van der Waals surface area (Å²) in [7, 11) is 0. The monoisotopic (exact) mass is 537 g/mol. The number of nitrogens with zero attached hydrogens (tertiary/aromatic N) is 5. The Balaban J connectivity index is 1.91. The molecule has 4 rings (SSSR count). The average molecular weight is 540 g/mol. The van der Waals surface area contributed by atoms with E-state index < -0.39 is 0 Å². The zero-order valence-corrected chi connectivity index (χ0v) is 18.2. The summed E-state index contributed by atoms with van der Waals surface area (Å²) in [6.45, 7) is 0. The second-order valence-corrected chi connectivity index (χ2v) is 7.94. The number of rotatable bonds is 4. The molecule has 0 unspecified atom stereocenters. The van der Waals surface area contributed by atoms with Crippen LogP contribution in [0.3, 0.4) is 0 Å². The summed E-state index contributed by atoms with van der Waals surface area (Å²) in [5, 5.41) is 25.5. The molecule has 0 saturated heterocycles. The number of phenols is 1. The molecule has 0 amide bonds. The minimum Gasteiger partial charge on any atom is -0.506 e. The lowest BCUT2D eigenvalue weighted by molar-refractivity contribution is 0.314. The number of anilines is 2. The van der Waals surface area contributed by atoms with Crippen molar-refractivity contribution in [3.8, 4) is 5.75 Å².